The van der Waals surface area contributed by atoms with Gasteiger partial charge in [-0.2, -0.15) is 4.31 Å². The highest BCUT2D eigenvalue weighted by molar-refractivity contribution is 7.99. The van der Waals surface area contributed by atoms with E-state index in [9.17, 15) is 13.2 Å². The lowest BCUT2D eigenvalue weighted by Crippen LogP contribution is -2.40. The largest absolute Gasteiger partial charge is 0.379 e. The quantitative estimate of drug-likeness (QED) is 0.478. The summed E-state index contributed by atoms with van der Waals surface area (Å²) in [6, 6.07) is 7.96. The number of aromatic nitrogens is 4. The fourth-order valence-corrected chi connectivity index (χ4v) is 5.49. The number of sulfonamides is 1. The molecular weight excluding hydrogens is 476 g/mol. The Hall–Kier alpha value is -2.51. The number of hydrogen-bond acceptors (Lipinski definition) is 8. The molecule has 3 aromatic rings. The predicted molar refractivity (Wildman–Crippen MR) is 120 cm³/mol. The van der Waals surface area contributed by atoms with Gasteiger partial charge in [0.25, 0.3) is 0 Å². The molecule has 1 fully saturated rings. The average molecular weight is 495 g/mol. The minimum atomic E-state index is -3.79. The van der Waals surface area contributed by atoms with Crippen LogP contribution in [0.15, 0.2) is 52.8 Å². The highest BCUT2D eigenvalue weighted by Crippen LogP contribution is 2.28. The number of pyridine rings is 1. The van der Waals surface area contributed by atoms with Gasteiger partial charge in [-0.1, -0.05) is 23.4 Å². The van der Waals surface area contributed by atoms with Crippen LogP contribution in [0.1, 0.15) is 0 Å². The Kier molecular flexibility index (Phi) is 7.06. The van der Waals surface area contributed by atoms with Crippen LogP contribution in [-0.2, 0) is 19.6 Å². The molecule has 0 unspecified atom stereocenters. The van der Waals surface area contributed by atoms with Crippen molar-refractivity contribution in [1.82, 2.24) is 24.5 Å². The Morgan fingerprint density at radius 1 is 1.22 bits per heavy atom. The van der Waals surface area contributed by atoms with Gasteiger partial charge in [0.1, 0.15) is 4.90 Å². The third kappa shape index (κ3) is 5.27. The number of H-pyrrole nitrogens is 1. The SMILES string of the molecule is O=C(CSc1n[nH]c(-c2ccncc2)n1)Nc1ccc(Cl)c(S(=O)(=O)N2CCOCC2)c1. The molecule has 0 aliphatic carbocycles. The number of nitrogens with zero attached hydrogens (tertiary/aromatic N) is 4. The summed E-state index contributed by atoms with van der Waals surface area (Å²) in [5, 5.41) is 10.1. The maximum atomic E-state index is 12.9. The number of nitrogens with one attached hydrogen (secondary N) is 2. The molecule has 1 saturated heterocycles. The first-order valence-electron chi connectivity index (χ1n) is 9.56. The lowest BCUT2D eigenvalue weighted by molar-refractivity contribution is -0.113. The lowest BCUT2D eigenvalue weighted by Gasteiger charge is -2.26. The van der Waals surface area contributed by atoms with Gasteiger partial charge in [-0.25, -0.2) is 13.4 Å². The number of carbonyl (C=O) groups excluding carboxylic acids is 1. The van der Waals surface area contributed by atoms with Crippen LogP contribution in [-0.4, -0.2) is 70.9 Å². The van der Waals surface area contributed by atoms with Crippen LogP contribution in [0.5, 0.6) is 0 Å². The number of amides is 1. The molecule has 2 N–H and O–H groups in total. The Morgan fingerprint density at radius 3 is 2.72 bits per heavy atom. The topological polar surface area (TPSA) is 130 Å². The van der Waals surface area contributed by atoms with Crippen molar-refractivity contribution in [2.45, 2.75) is 10.1 Å². The number of halogens is 1. The third-order valence-electron chi connectivity index (χ3n) is 4.55. The van der Waals surface area contributed by atoms with E-state index in [1.165, 1.54) is 16.4 Å². The second-order valence-corrected chi connectivity index (χ2v) is 9.96. The van der Waals surface area contributed by atoms with E-state index in [0.717, 1.165) is 17.3 Å². The smallest absolute Gasteiger partial charge is 0.244 e. The van der Waals surface area contributed by atoms with Gasteiger partial charge in [-0.05, 0) is 30.3 Å². The number of thioether (sulfide) groups is 1. The molecule has 1 aliphatic rings. The monoisotopic (exact) mass is 494 g/mol. The van der Waals surface area contributed by atoms with Crippen LogP contribution < -0.4 is 5.32 Å². The van der Waals surface area contributed by atoms with Crippen LogP contribution in [0, 0.1) is 0 Å². The van der Waals surface area contributed by atoms with Crippen molar-refractivity contribution >= 4 is 45.0 Å². The number of morpholine rings is 1. The van der Waals surface area contributed by atoms with Gasteiger partial charge in [0.15, 0.2) is 5.82 Å². The zero-order valence-corrected chi connectivity index (χ0v) is 19.1. The molecule has 168 valence electrons. The third-order valence-corrected chi connectivity index (χ3v) is 7.78. The molecule has 13 heteroatoms. The molecular formula is C19H19ClN6O4S2. The van der Waals surface area contributed by atoms with Crippen LogP contribution >= 0.6 is 23.4 Å². The van der Waals surface area contributed by atoms with E-state index in [-0.39, 0.29) is 34.7 Å². The van der Waals surface area contributed by atoms with E-state index in [2.05, 4.69) is 25.5 Å². The minimum Gasteiger partial charge on any atom is -0.379 e. The van der Waals surface area contributed by atoms with E-state index >= 15 is 0 Å². The fourth-order valence-electron chi connectivity index (χ4n) is 2.98. The summed E-state index contributed by atoms with van der Waals surface area (Å²) >= 11 is 7.30. The Bertz CT molecular complexity index is 1200. The summed E-state index contributed by atoms with van der Waals surface area (Å²) in [5.41, 5.74) is 1.17. The molecule has 0 bridgehead atoms. The first kappa shape index (κ1) is 22.7. The molecule has 0 atom stereocenters. The summed E-state index contributed by atoms with van der Waals surface area (Å²) in [5.74, 6) is 0.287. The first-order valence-corrected chi connectivity index (χ1v) is 12.4. The standard InChI is InChI=1S/C19H19ClN6O4S2/c20-15-2-1-14(11-16(15)32(28,29)26-7-9-30-10-8-26)22-17(27)12-31-19-23-18(24-25-19)13-3-5-21-6-4-13/h1-6,11H,7-10,12H2,(H,22,27)(H,23,24,25). The summed E-state index contributed by atoms with van der Waals surface area (Å²) in [6.07, 6.45) is 3.30. The van der Waals surface area contributed by atoms with Gasteiger partial charge in [0.05, 0.1) is 24.0 Å². The molecule has 3 heterocycles. The average Bonchev–Trinajstić information content (AvgIpc) is 3.29. The zero-order chi connectivity index (χ0) is 22.6. The Labute approximate surface area is 193 Å². The first-order chi connectivity index (χ1) is 15.4. The van der Waals surface area contributed by atoms with Crippen LogP contribution in [0.3, 0.4) is 0 Å². The van der Waals surface area contributed by atoms with Gasteiger partial charge in [-0.15, -0.1) is 5.10 Å². The van der Waals surface area contributed by atoms with Crippen LogP contribution in [0.25, 0.3) is 11.4 Å². The zero-order valence-electron chi connectivity index (χ0n) is 16.7. The minimum absolute atomic E-state index is 0.0435. The summed E-state index contributed by atoms with van der Waals surface area (Å²) in [4.78, 5) is 20.6. The van der Waals surface area contributed by atoms with Gasteiger partial charge in [0.2, 0.25) is 21.1 Å². The molecule has 1 aromatic carbocycles. The lowest BCUT2D eigenvalue weighted by atomic mass is 10.3. The number of anilines is 1. The van der Waals surface area contributed by atoms with Crippen molar-refractivity contribution in [2.24, 2.45) is 0 Å². The maximum Gasteiger partial charge on any atom is 0.244 e. The summed E-state index contributed by atoms with van der Waals surface area (Å²) < 4.78 is 32.4. The number of ether oxygens (including phenoxy) is 1. The van der Waals surface area contributed by atoms with Gasteiger partial charge >= 0.3 is 0 Å². The summed E-state index contributed by atoms with van der Waals surface area (Å²) in [6.45, 7) is 1.16. The van der Waals surface area contributed by atoms with Crippen molar-refractivity contribution in [3.05, 3.63) is 47.7 Å². The maximum absolute atomic E-state index is 12.9. The van der Waals surface area contributed by atoms with Crippen LogP contribution in [0.2, 0.25) is 5.02 Å². The van der Waals surface area contributed by atoms with Crippen molar-refractivity contribution in [3.8, 4) is 11.4 Å². The van der Waals surface area contributed by atoms with E-state index in [0.29, 0.717) is 29.9 Å². The van der Waals surface area contributed by atoms with Gasteiger partial charge in [0, 0.05) is 36.7 Å². The molecule has 0 radical (unpaired) electrons. The number of benzene rings is 1. The van der Waals surface area contributed by atoms with Crippen LogP contribution in [0.4, 0.5) is 5.69 Å². The Morgan fingerprint density at radius 2 is 1.97 bits per heavy atom. The number of rotatable bonds is 7. The molecule has 1 aliphatic heterocycles. The summed E-state index contributed by atoms with van der Waals surface area (Å²) in [7, 11) is -3.79. The fraction of sp³-hybridized carbons (Fsp3) is 0.263. The molecule has 4 rings (SSSR count). The normalized spacial score (nSPS) is 14.9. The van der Waals surface area contributed by atoms with Crippen molar-refractivity contribution in [1.29, 1.82) is 0 Å². The molecule has 2 aromatic heterocycles. The van der Waals surface area contributed by atoms with E-state index < -0.39 is 10.0 Å². The molecule has 0 saturated carbocycles. The Balaban J connectivity index is 1.39. The second kappa shape index (κ2) is 9.96. The second-order valence-electron chi connectivity index (χ2n) is 6.70. The van der Waals surface area contributed by atoms with E-state index in [1.54, 1.807) is 30.6 Å². The highest BCUT2D eigenvalue weighted by Gasteiger charge is 2.28. The number of hydrogen-bond donors (Lipinski definition) is 2. The molecule has 1 amide bonds. The van der Waals surface area contributed by atoms with Crippen molar-refractivity contribution < 1.29 is 17.9 Å². The number of carbonyl (C=O) groups is 1. The molecule has 0 spiro atoms. The number of aromatic amines is 1. The molecule has 10 nitrogen and oxygen atoms in total. The van der Waals surface area contributed by atoms with Crippen molar-refractivity contribution in [3.63, 3.8) is 0 Å². The van der Waals surface area contributed by atoms with Crippen molar-refractivity contribution in [2.75, 3.05) is 37.4 Å². The molecule has 32 heavy (non-hydrogen) atoms. The highest BCUT2D eigenvalue weighted by atomic mass is 35.5. The van der Waals surface area contributed by atoms with Gasteiger partial charge in [-0.3, -0.25) is 14.9 Å². The van der Waals surface area contributed by atoms with E-state index in [4.69, 9.17) is 16.3 Å². The van der Waals surface area contributed by atoms with Gasteiger partial charge < -0.3 is 10.1 Å². The predicted octanol–water partition coefficient (Wildman–Crippen LogP) is 2.27. The van der Waals surface area contributed by atoms with E-state index in [1.807, 2.05) is 0 Å².